The summed E-state index contributed by atoms with van der Waals surface area (Å²) in [6.45, 7) is 0. The fraction of sp³-hybridized carbons (Fsp3) is 0.467. The first-order valence-corrected chi connectivity index (χ1v) is 7.04. The van der Waals surface area contributed by atoms with Gasteiger partial charge in [-0.25, -0.2) is 0 Å². The van der Waals surface area contributed by atoms with E-state index in [2.05, 4.69) is 10.5 Å². The van der Waals surface area contributed by atoms with Crippen molar-refractivity contribution >= 4 is 11.7 Å². The number of oxime groups is 1. The van der Waals surface area contributed by atoms with Crippen molar-refractivity contribution in [3.8, 4) is 5.75 Å². The van der Waals surface area contributed by atoms with Crippen molar-refractivity contribution in [1.82, 2.24) is 5.32 Å². The number of carbonyl (C=O) groups is 1. The minimum atomic E-state index is -0.0865. The van der Waals surface area contributed by atoms with Crippen LogP contribution in [-0.4, -0.2) is 30.1 Å². The Morgan fingerprint density at radius 3 is 2.95 bits per heavy atom. The predicted octanol–water partition coefficient (Wildman–Crippen LogP) is 1.27. The normalized spacial score (nSPS) is 22.0. The van der Waals surface area contributed by atoms with Gasteiger partial charge in [-0.1, -0.05) is 29.8 Å². The summed E-state index contributed by atoms with van der Waals surface area (Å²) in [5.74, 6) is 0.723. The van der Waals surface area contributed by atoms with Crippen molar-refractivity contribution < 1.29 is 14.7 Å². The Labute approximate surface area is 124 Å². The van der Waals surface area contributed by atoms with Crippen LogP contribution in [0.5, 0.6) is 5.75 Å². The highest BCUT2D eigenvalue weighted by molar-refractivity contribution is 5.85. The molecule has 2 unspecified atom stereocenters. The van der Waals surface area contributed by atoms with Gasteiger partial charge in [0.05, 0.1) is 13.5 Å². The van der Waals surface area contributed by atoms with Gasteiger partial charge in [-0.15, -0.1) is 0 Å². The van der Waals surface area contributed by atoms with E-state index in [1.165, 1.54) is 0 Å². The summed E-state index contributed by atoms with van der Waals surface area (Å²) in [4.78, 5) is 12.2. The first-order chi connectivity index (χ1) is 10.2. The van der Waals surface area contributed by atoms with Crippen LogP contribution >= 0.6 is 0 Å². The quantitative estimate of drug-likeness (QED) is 0.329. The number of ether oxygens (including phenoxy) is 1. The van der Waals surface area contributed by atoms with E-state index in [9.17, 15) is 4.79 Å². The molecule has 1 aliphatic carbocycles. The molecule has 0 bridgehead atoms. The van der Waals surface area contributed by atoms with Gasteiger partial charge in [0.1, 0.15) is 11.6 Å². The van der Waals surface area contributed by atoms with Gasteiger partial charge in [0, 0.05) is 17.5 Å². The lowest BCUT2D eigenvalue weighted by molar-refractivity contribution is -0.121. The van der Waals surface area contributed by atoms with Gasteiger partial charge in [0.25, 0.3) is 0 Å². The highest BCUT2D eigenvalue weighted by Gasteiger charge is 2.31. The zero-order chi connectivity index (χ0) is 15.2. The fourth-order valence-electron chi connectivity index (χ4n) is 2.84. The molecule has 0 aliphatic heterocycles. The van der Waals surface area contributed by atoms with Crippen molar-refractivity contribution in [3.63, 3.8) is 0 Å². The number of rotatable bonds is 5. The Balaban J connectivity index is 1.98. The molecule has 1 aliphatic rings. The molecule has 21 heavy (non-hydrogen) atoms. The first-order valence-electron chi connectivity index (χ1n) is 7.04. The predicted molar refractivity (Wildman–Crippen MR) is 79.4 cm³/mol. The molecule has 114 valence electrons. The summed E-state index contributed by atoms with van der Waals surface area (Å²) in [7, 11) is 1.59. The molecule has 0 saturated heterocycles. The summed E-state index contributed by atoms with van der Waals surface area (Å²) in [6, 6.07) is 7.37. The zero-order valence-corrected chi connectivity index (χ0v) is 12.1. The number of hydrogen-bond acceptors (Lipinski definition) is 4. The number of amides is 1. The van der Waals surface area contributed by atoms with E-state index >= 15 is 0 Å². The molecule has 0 spiro atoms. The molecule has 0 aromatic heterocycles. The SMILES string of the molecule is COc1ccccc1CC(=O)NC1CCCC1C(N)=NO. The fourth-order valence-corrected chi connectivity index (χ4v) is 2.84. The van der Waals surface area contributed by atoms with Crippen molar-refractivity contribution in [2.45, 2.75) is 31.7 Å². The maximum atomic E-state index is 12.2. The molecular weight excluding hydrogens is 270 g/mol. The summed E-state index contributed by atoms with van der Waals surface area (Å²) in [6.07, 6.45) is 2.89. The molecule has 1 amide bonds. The summed E-state index contributed by atoms with van der Waals surface area (Å²) in [5.41, 5.74) is 6.51. The van der Waals surface area contributed by atoms with Crippen LogP contribution in [0.3, 0.4) is 0 Å². The third-order valence-corrected chi connectivity index (χ3v) is 3.90. The van der Waals surface area contributed by atoms with E-state index in [0.29, 0.717) is 5.75 Å². The van der Waals surface area contributed by atoms with E-state index in [0.717, 1.165) is 24.8 Å². The number of amidine groups is 1. The molecule has 1 fully saturated rings. The maximum Gasteiger partial charge on any atom is 0.224 e. The number of benzene rings is 1. The van der Waals surface area contributed by atoms with Gasteiger partial charge in [0.15, 0.2) is 0 Å². The largest absolute Gasteiger partial charge is 0.496 e. The molecule has 1 aromatic rings. The van der Waals surface area contributed by atoms with Gasteiger partial charge < -0.3 is 21.0 Å². The number of para-hydroxylation sites is 1. The molecule has 0 heterocycles. The van der Waals surface area contributed by atoms with Crippen LogP contribution in [-0.2, 0) is 11.2 Å². The van der Waals surface area contributed by atoms with Crippen molar-refractivity contribution in [1.29, 1.82) is 0 Å². The number of hydrogen-bond donors (Lipinski definition) is 3. The van der Waals surface area contributed by atoms with E-state index in [4.69, 9.17) is 15.7 Å². The lowest BCUT2D eigenvalue weighted by Crippen LogP contribution is -2.43. The zero-order valence-electron chi connectivity index (χ0n) is 12.1. The molecular formula is C15H21N3O3. The second-order valence-electron chi connectivity index (χ2n) is 5.22. The lowest BCUT2D eigenvalue weighted by atomic mass is 10.0. The van der Waals surface area contributed by atoms with Gasteiger partial charge in [-0.2, -0.15) is 0 Å². The number of nitrogens with two attached hydrogens (primary N) is 1. The summed E-state index contributed by atoms with van der Waals surface area (Å²) >= 11 is 0. The van der Waals surface area contributed by atoms with Crippen LogP contribution in [0, 0.1) is 5.92 Å². The number of nitrogens with zero attached hydrogens (tertiary/aromatic N) is 1. The second kappa shape index (κ2) is 6.97. The Hall–Kier alpha value is -2.24. The molecule has 2 atom stereocenters. The second-order valence-corrected chi connectivity index (χ2v) is 5.22. The van der Waals surface area contributed by atoms with E-state index in [1.807, 2.05) is 24.3 Å². The lowest BCUT2D eigenvalue weighted by Gasteiger charge is -2.20. The van der Waals surface area contributed by atoms with Crippen molar-refractivity contribution in [2.75, 3.05) is 7.11 Å². The van der Waals surface area contributed by atoms with Crippen LogP contribution in [0.4, 0.5) is 0 Å². The minimum Gasteiger partial charge on any atom is -0.496 e. The average molecular weight is 291 g/mol. The van der Waals surface area contributed by atoms with Crippen LogP contribution in [0.2, 0.25) is 0 Å². The van der Waals surface area contributed by atoms with Gasteiger partial charge in [-0.3, -0.25) is 4.79 Å². The maximum absolute atomic E-state index is 12.2. The smallest absolute Gasteiger partial charge is 0.224 e. The molecule has 1 saturated carbocycles. The van der Waals surface area contributed by atoms with E-state index in [1.54, 1.807) is 7.11 Å². The molecule has 1 aromatic carbocycles. The van der Waals surface area contributed by atoms with E-state index in [-0.39, 0.29) is 30.1 Å². The summed E-state index contributed by atoms with van der Waals surface area (Å²) in [5, 5.41) is 14.8. The minimum absolute atomic E-state index is 0.0666. The monoisotopic (exact) mass is 291 g/mol. The Bertz CT molecular complexity index is 531. The molecule has 6 nitrogen and oxygen atoms in total. The van der Waals surface area contributed by atoms with Gasteiger partial charge in [-0.05, 0) is 18.9 Å². The molecule has 6 heteroatoms. The van der Waals surface area contributed by atoms with Crippen LogP contribution in [0.25, 0.3) is 0 Å². The Morgan fingerprint density at radius 1 is 1.48 bits per heavy atom. The van der Waals surface area contributed by atoms with Crippen LogP contribution in [0.15, 0.2) is 29.4 Å². The van der Waals surface area contributed by atoms with Crippen LogP contribution in [0.1, 0.15) is 24.8 Å². The third kappa shape index (κ3) is 3.65. The molecule has 2 rings (SSSR count). The topological polar surface area (TPSA) is 96.9 Å². The summed E-state index contributed by atoms with van der Waals surface area (Å²) < 4.78 is 5.24. The molecule has 0 radical (unpaired) electrons. The number of nitrogens with one attached hydrogen (secondary N) is 1. The Kier molecular flexibility index (Phi) is 5.03. The Morgan fingerprint density at radius 2 is 2.24 bits per heavy atom. The first kappa shape index (κ1) is 15.2. The van der Waals surface area contributed by atoms with E-state index < -0.39 is 0 Å². The average Bonchev–Trinajstić information content (AvgIpc) is 2.95. The number of carbonyl (C=O) groups excluding carboxylic acids is 1. The molecule has 4 N–H and O–H groups in total. The standard InChI is InChI=1S/C15H21N3O3/c1-21-13-8-3-2-5-10(13)9-14(19)17-12-7-4-6-11(12)15(16)18-20/h2-3,5,8,11-12,20H,4,6-7,9H2,1H3,(H2,16,18)(H,17,19). The number of methoxy groups -OCH3 is 1. The highest BCUT2D eigenvalue weighted by atomic mass is 16.5. The third-order valence-electron chi connectivity index (χ3n) is 3.90. The van der Waals surface area contributed by atoms with Gasteiger partial charge in [0.2, 0.25) is 5.91 Å². The van der Waals surface area contributed by atoms with Crippen molar-refractivity contribution in [2.24, 2.45) is 16.8 Å². The van der Waals surface area contributed by atoms with Crippen LogP contribution < -0.4 is 15.8 Å². The highest BCUT2D eigenvalue weighted by Crippen LogP contribution is 2.26. The van der Waals surface area contributed by atoms with Crippen molar-refractivity contribution in [3.05, 3.63) is 29.8 Å². The van der Waals surface area contributed by atoms with Gasteiger partial charge >= 0.3 is 0 Å².